The monoisotopic (exact) mass is 329 g/mol. The van der Waals surface area contributed by atoms with Gasteiger partial charge in [0.1, 0.15) is 4.90 Å². The molecule has 0 atom stereocenters. The fraction of sp³-hybridized carbons (Fsp3) is 0. The molecule has 2 aromatic heterocycles. The van der Waals surface area contributed by atoms with Crippen molar-refractivity contribution < 1.29 is 13.5 Å². The van der Waals surface area contributed by atoms with E-state index in [0.29, 0.717) is 4.47 Å². The first-order valence-corrected chi connectivity index (χ1v) is 7.04. The number of pyridine rings is 2. The number of aromatic nitrogens is 2. The van der Waals surface area contributed by atoms with Crippen molar-refractivity contribution in [2.75, 3.05) is 4.72 Å². The molecule has 2 aromatic rings. The van der Waals surface area contributed by atoms with Gasteiger partial charge < -0.3 is 5.11 Å². The molecule has 6 nitrogen and oxygen atoms in total. The molecule has 0 bridgehead atoms. The lowest BCUT2D eigenvalue weighted by atomic mass is 10.4. The average Bonchev–Trinajstić information content (AvgIpc) is 2.32. The number of nitrogens with zero attached hydrogens (tertiary/aromatic N) is 2. The zero-order valence-corrected chi connectivity index (χ0v) is 11.3. The van der Waals surface area contributed by atoms with E-state index in [9.17, 15) is 13.5 Å². The van der Waals surface area contributed by atoms with E-state index in [2.05, 4.69) is 30.6 Å². The van der Waals surface area contributed by atoms with Crippen molar-refractivity contribution in [3.05, 3.63) is 41.3 Å². The van der Waals surface area contributed by atoms with Gasteiger partial charge in [-0.3, -0.25) is 9.71 Å². The zero-order chi connectivity index (χ0) is 13.2. The van der Waals surface area contributed by atoms with E-state index in [1.54, 1.807) is 0 Å². The van der Waals surface area contributed by atoms with Gasteiger partial charge in [0, 0.05) is 23.1 Å². The number of rotatable bonds is 3. The first kappa shape index (κ1) is 12.8. The maximum Gasteiger partial charge on any atom is 0.264 e. The number of hydrogen-bond donors (Lipinski definition) is 2. The van der Waals surface area contributed by atoms with E-state index in [1.807, 2.05) is 0 Å². The lowest BCUT2D eigenvalue weighted by Gasteiger charge is -2.08. The van der Waals surface area contributed by atoms with E-state index >= 15 is 0 Å². The van der Waals surface area contributed by atoms with Gasteiger partial charge in [-0.25, -0.2) is 13.4 Å². The van der Waals surface area contributed by atoms with Crippen LogP contribution in [0, 0.1) is 0 Å². The number of sulfonamides is 1. The summed E-state index contributed by atoms with van der Waals surface area (Å²) in [6, 6.07) is 4.23. The molecule has 0 amide bonds. The van der Waals surface area contributed by atoms with Crippen molar-refractivity contribution in [1.29, 1.82) is 0 Å². The van der Waals surface area contributed by atoms with Gasteiger partial charge in [0.05, 0.1) is 0 Å². The van der Waals surface area contributed by atoms with Gasteiger partial charge >= 0.3 is 0 Å². The Morgan fingerprint density at radius 2 is 2.11 bits per heavy atom. The summed E-state index contributed by atoms with van der Waals surface area (Å²) < 4.78 is 26.7. The predicted molar refractivity (Wildman–Crippen MR) is 68.6 cm³/mol. The second kappa shape index (κ2) is 4.91. The SMILES string of the molecule is O=S(=O)(Nc1ncccc1O)c1cncc(Br)c1. The summed E-state index contributed by atoms with van der Waals surface area (Å²) in [6.07, 6.45) is 4.04. The van der Waals surface area contributed by atoms with E-state index in [-0.39, 0.29) is 16.5 Å². The molecule has 0 spiro atoms. The molecule has 0 aliphatic rings. The second-order valence-corrected chi connectivity index (χ2v) is 5.91. The third-order valence-corrected chi connectivity index (χ3v) is 3.75. The molecule has 0 saturated carbocycles. The van der Waals surface area contributed by atoms with E-state index in [4.69, 9.17) is 0 Å². The Morgan fingerprint density at radius 1 is 1.33 bits per heavy atom. The Balaban J connectivity index is 2.37. The van der Waals surface area contributed by atoms with Crippen LogP contribution < -0.4 is 4.72 Å². The molecule has 8 heteroatoms. The van der Waals surface area contributed by atoms with Crippen LogP contribution in [0.1, 0.15) is 0 Å². The number of halogens is 1. The predicted octanol–water partition coefficient (Wildman–Crippen LogP) is 1.75. The van der Waals surface area contributed by atoms with Crippen LogP contribution in [0.3, 0.4) is 0 Å². The highest BCUT2D eigenvalue weighted by Gasteiger charge is 2.17. The molecule has 2 heterocycles. The summed E-state index contributed by atoms with van der Waals surface area (Å²) in [5, 5.41) is 9.46. The van der Waals surface area contributed by atoms with Crippen LogP contribution in [0.25, 0.3) is 0 Å². The Bertz CT molecular complexity index is 676. The number of aromatic hydroxyl groups is 1. The summed E-state index contributed by atoms with van der Waals surface area (Å²) in [6.45, 7) is 0. The molecular formula is C10H8BrN3O3S. The molecule has 0 aromatic carbocycles. The molecule has 94 valence electrons. The van der Waals surface area contributed by atoms with Gasteiger partial charge in [-0.05, 0) is 34.1 Å². The van der Waals surface area contributed by atoms with Gasteiger partial charge in [-0.15, -0.1) is 0 Å². The molecule has 18 heavy (non-hydrogen) atoms. The highest BCUT2D eigenvalue weighted by molar-refractivity contribution is 9.10. The van der Waals surface area contributed by atoms with Crippen molar-refractivity contribution in [1.82, 2.24) is 9.97 Å². The molecule has 0 saturated heterocycles. The van der Waals surface area contributed by atoms with Crippen LogP contribution in [0.5, 0.6) is 5.75 Å². The fourth-order valence-corrected chi connectivity index (χ4v) is 2.73. The third-order valence-electron chi connectivity index (χ3n) is 2.01. The second-order valence-electron chi connectivity index (χ2n) is 3.32. The first-order valence-electron chi connectivity index (χ1n) is 4.76. The summed E-state index contributed by atoms with van der Waals surface area (Å²) >= 11 is 3.13. The maximum atomic E-state index is 12.0. The summed E-state index contributed by atoms with van der Waals surface area (Å²) in [5.41, 5.74) is 0. The smallest absolute Gasteiger partial charge is 0.264 e. The maximum absolute atomic E-state index is 12.0. The average molecular weight is 330 g/mol. The fourth-order valence-electron chi connectivity index (χ4n) is 1.20. The Kier molecular flexibility index (Phi) is 3.48. The molecule has 0 fully saturated rings. The third kappa shape index (κ3) is 2.77. The molecule has 0 aliphatic heterocycles. The summed E-state index contributed by atoms with van der Waals surface area (Å²) in [7, 11) is -3.82. The highest BCUT2D eigenvalue weighted by atomic mass is 79.9. The van der Waals surface area contributed by atoms with Crippen molar-refractivity contribution in [2.24, 2.45) is 0 Å². The van der Waals surface area contributed by atoms with Gasteiger partial charge in [0.25, 0.3) is 10.0 Å². The molecule has 0 aliphatic carbocycles. The quantitative estimate of drug-likeness (QED) is 0.894. The Labute approximate surface area is 112 Å². The number of anilines is 1. The summed E-state index contributed by atoms with van der Waals surface area (Å²) in [5.74, 6) is -0.374. The van der Waals surface area contributed by atoms with Crippen molar-refractivity contribution in [3.63, 3.8) is 0 Å². The van der Waals surface area contributed by atoms with Crippen LogP contribution in [0.4, 0.5) is 5.82 Å². The lowest BCUT2D eigenvalue weighted by molar-refractivity contribution is 0.475. The topological polar surface area (TPSA) is 92.2 Å². The zero-order valence-electron chi connectivity index (χ0n) is 8.91. The Hall–Kier alpha value is -1.67. The minimum Gasteiger partial charge on any atom is -0.504 e. The van der Waals surface area contributed by atoms with Gasteiger partial charge in [-0.1, -0.05) is 0 Å². The molecule has 0 unspecified atom stereocenters. The highest BCUT2D eigenvalue weighted by Crippen LogP contribution is 2.23. The summed E-state index contributed by atoms with van der Waals surface area (Å²) in [4.78, 5) is 7.48. The van der Waals surface area contributed by atoms with Gasteiger partial charge in [-0.2, -0.15) is 0 Å². The lowest BCUT2D eigenvalue weighted by Crippen LogP contribution is -2.14. The van der Waals surface area contributed by atoms with Crippen LogP contribution in [-0.2, 0) is 10.0 Å². The molecule has 0 radical (unpaired) electrons. The van der Waals surface area contributed by atoms with Crippen molar-refractivity contribution >= 4 is 31.8 Å². The number of nitrogens with one attached hydrogen (secondary N) is 1. The number of hydrogen-bond acceptors (Lipinski definition) is 5. The van der Waals surface area contributed by atoms with Crippen LogP contribution in [0.2, 0.25) is 0 Å². The largest absolute Gasteiger partial charge is 0.504 e. The van der Waals surface area contributed by atoms with Gasteiger partial charge in [0.2, 0.25) is 0 Å². The van der Waals surface area contributed by atoms with Crippen LogP contribution >= 0.6 is 15.9 Å². The van der Waals surface area contributed by atoms with E-state index in [0.717, 1.165) is 0 Å². The molecule has 2 rings (SSSR count). The normalized spacial score (nSPS) is 11.2. The first-order chi connectivity index (χ1) is 8.49. The van der Waals surface area contributed by atoms with Crippen LogP contribution in [-0.4, -0.2) is 23.5 Å². The van der Waals surface area contributed by atoms with Crippen molar-refractivity contribution in [3.8, 4) is 5.75 Å². The van der Waals surface area contributed by atoms with Crippen molar-refractivity contribution in [2.45, 2.75) is 4.90 Å². The Morgan fingerprint density at radius 3 is 2.78 bits per heavy atom. The minimum absolute atomic E-state index is 0.0260. The standard InChI is InChI=1S/C10H8BrN3O3S/c11-7-4-8(6-12-5-7)18(16,17)14-10-9(15)2-1-3-13-10/h1-6,15H,(H,13,14). The van der Waals surface area contributed by atoms with Gasteiger partial charge in [0.15, 0.2) is 11.6 Å². The molecule has 2 N–H and O–H groups in total. The van der Waals surface area contributed by atoms with E-state index < -0.39 is 10.0 Å². The van der Waals surface area contributed by atoms with Crippen LogP contribution in [0.15, 0.2) is 46.2 Å². The minimum atomic E-state index is -3.82. The van der Waals surface area contributed by atoms with E-state index in [1.165, 1.54) is 36.8 Å². The molecular weight excluding hydrogens is 322 g/mol.